The smallest absolute Gasteiger partial charge is 0.336 e. The molecule has 1 aliphatic carbocycles. The Balaban J connectivity index is 1.54. The van der Waals surface area contributed by atoms with Gasteiger partial charge in [-0.05, 0) is 42.5 Å². The van der Waals surface area contributed by atoms with Crippen LogP contribution in [0.1, 0.15) is 29.3 Å². The molecule has 0 saturated carbocycles. The molecule has 9 heteroatoms. The lowest BCUT2D eigenvalue weighted by molar-refractivity contribution is -0.114. The van der Waals surface area contributed by atoms with Crippen molar-refractivity contribution in [1.82, 2.24) is 9.55 Å². The number of anilines is 1. The number of aromatic nitrogens is 2. The number of carbonyl (C=O) groups excluding carboxylic acids is 1. The molecule has 1 N–H and O–H groups in total. The van der Waals surface area contributed by atoms with Gasteiger partial charge in [0.1, 0.15) is 10.4 Å². The van der Waals surface area contributed by atoms with E-state index in [-0.39, 0.29) is 11.5 Å². The van der Waals surface area contributed by atoms with Crippen molar-refractivity contribution in [2.45, 2.75) is 43.6 Å². The van der Waals surface area contributed by atoms with Gasteiger partial charge in [0.2, 0.25) is 5.91 Å². The zero-order valence-corrected chi connectivity index (χ0v) is 19.6. The Kier molecular flexibility index (Phi) is 5.67. The highest BCUT2D eigenvalue weighted by atomic mass is 32.2. The summed E-state index contributed by atoms with van der Waals surface area (Å²) in [4.78, 5) is 43.7. The van der Waals surface area contributed by atoms with E-state index in [0.717, 1.165) is 46.0 Å². The molecule has 1 aliphatic rings. The summed E-state index contributed by atoms with van der Waals surface area (Å²) < 4.78 is 7.01. The Morgan fingerprint density at radius 1 is 1.33 bits per heavy atom. The van der Waals surface area contributed by atoms with Crippen LogP contribution in [-0.4, -0.2) is 15.5 Å². The highest BCUT2D eigenvalue weighted by molar-refractivity contribution is 7.98. The van der Waals surface area contributed by atoms with E-state index in [1.54, 1.807) is 34.1 Å². The third-order valence-corrected chi connectivity index (χ3v) is 7.82. The Morgan fingerprint density at radius 3 is 2.97 bits per heavy atom. The molecule has 0 fully saturated rings. The van der Waals surface area contributed by atoms with Gasteiger partial charge in [0.05, 0.1) is 5.39 Å². The van der Waals surface area contributed by atoms with Crippen LogP contribution in [0.5, 0.6) is 0 Å². The van der Waals surface area contributed by atoms with E-state index in [4.69, 9.17) is 9.40 Å². The lowest BCUT2D eigenvalue weighted by atomic mass is 10.1. The van der Waals surface area contributed by atoms with Crippen LogP contribution in [0, 0.1) is 0 Å². The maximum atomic E-state index is 13.3. The number of aryl methyl sites for hydroxylation is 2. The van der Waals surface area contributed by atoms with Gasteiger partial charge in [0, 0.05) is 47.3 Å². The van der Waals surface area contributed by atoms with Crippen molar-refractivity contribution >= 4 is 55.9 Å². The average molecular weight is 480 g/mol. The molecule has 3 heterocycles. The summed E-state index contributed by atoms with van der Waals surface area (Å²) >= 11 is 3.02. The summed E-state index contributed by atoms with van der Waals surface area (Å²) in [6, 6.07) is 6.68. The molecule has 0 bridgehead atoms. The monoisotopic (exact) mass is 479 g/mol. The van der Waals surface area contributed by atoms with Gasteiger partial charge in [-0.1, -0.05) is 17.8 Å². The lowest BCUT2D eigenvalue weighted by Gasteiger charge is -2.11. The van der Waals surface area contributed by atoms with Crippen LogP contribution in [0.25, 0.3) is 21.2 Å². The number of hydrogen-bond donors (Lipinski definition) is 1. The Hall–Kier alpha value is -3.17. The molecule has 4 aromatic rings. The molecule has 7 nitrogen and oxygen atoms in total. The molecule has 5 rings (SSSR count). The van der Waals surface area contributed by atoms with Crippen LogP contribution in [0.4, 0.5) is 5.69 Å². The molecule has 0 saturated heterocycles. The van der Waals surface area contributed by atoms with Crippen LogP contribution in [-0.2, 0) is 29.9 Å². The van der Waals surface area contributed by atoms with Crippen LogP contribution >= 0.6 is 23.1 Å². The maximum absolute atomic E-state index is 13.3. The topological polar surface area (TPSA) is 94.2 Å². The number of thioether (sulfide) groups is 1. The second-order valence-electron chi connectivity index (χ2n) is 7.91. The summed E-state index contributed by atoms with van der Waals surface area (Å²) in [7, 11) is 0. The first-order valence-corrected chi connectivity index (χ1v) is 12.4. The number of rotatable bonds is 6. The highest BCUT2D eigenvalue weighted by Crippen LogP contribution is 2.36. The zero-order chi connectivity index (χ0) is 23.1. The highest BCUT2D eigenvalue weighted by Gasteiger charge is 2.23. The summed E-state index contributed by atoms with van der Waals surface area (Å²) in [5.41, 5.74) is 2.38. The summed E-state index contributed by atoms with van der Waals surface area (Å²) in [6.07, 6.45) is 4.72. The molecule has 1 amide bonds. The molecular formula is C24H21N3O4S2. The van der Waals surface area contributed by atoms with Crippen LogP contribution in [0.3, 0.4) is 0 Å². The van der Waals surface area contributed by atoms with Crippen molar-refractivity contribution < 1.29 is 9.21 Å². The number of nitrogens with one attached hydrogen (secondary N) is 1. The molecule has 0 unspecified atom stereocenters. The minimum absolute atomic E-state index is 0.0285. The SMILES string of the molecule is C=CCn1c(SCc2cc(=O)oc3cc(NC(C)=O)ccc23)nc2sc3c(c2c1=O)CCC3. The Morgan fingerprint density at radius 2 is 2.18 bits per heavy atom. The quantitative estimate of drug-likeness (QED) is 0.190. The summed E-state index contributed by atoms with van der Waals surface area (Å²) in [5, 5.41) is 4.81. The maximum Gasteiger partial charge on any atom is 0.336 e. The molecule has 3 aromatic heterocycles. The van der Waals surface area contributed by atoms with Gasteiger partial charge >= 0.3 is 5.63 Å². The first-order chi connectivity index (χ1) is 15.9. The van der Waals surface area contributed by atoms with Gasteiger partial charge in [-0.15, -0.1) is 17.9 Å². The number of carbonyl (C=O) groups is 1. The standard InChI is InChI=1S/C24H21N3O4S2/c1-3-9-27-23(30)21-17-5-4-6-19(17)33-22(21)26-24(27)32-12-14-10-20(29)31-18-11-15(25-13(2)28)7-8-16(14)18/h3,7-8,10-11H,1,4-6,9,12H2,2H3,(H,25,28). The fraction of sp³-hybridized carbons (Fsp3) is 0.250. The van der Waals surface area contributed by atoms with Gasteiger partial charge < -0.3 is 9.73 Å². The van der Waals surface area contributed by atoms with E-state index in [0.29, 0.717) is 28.7 Å². The third-order valence-electron chi connectivity index (χ3n) is 5.61. The van der Waals surface area contributed by atoms with Crippen LogP contribution in [0.2, 0.25) is 0 Å². The molecule has 0 radical (unpaired) electrons. The van der Waals surface area contributed by atoms with Crippen LogP contribution in [0.15, 0.2) is 56.1 Å². The van der Waals surface area contributed by atoms with Gasteiger partial charge in [0.25, 0.3) is 5.56 Å². The molecule has 0 spiro atoms. The molecular weight excluding hydrogens is 458 g/mol. The molecule has 33 heavy (non-hydrogen) atoms. The number of benzene rings is 1. The van der Waals surface area contributed by atoms with Crippen molar-refractivity contribution in [3.05, 3.63) is 73.7 Å². The lowest BCUT2D eigenvalue weighted by Crippen LogP contribution is -2.22. The Bertz CT molecular complexity index is 1550. The molecule has 1 aromatic carbocycles. The van der Waals surface area contributed by atoms with E-state index in [9.17, 15) is 14.4 Å². The van der Waals surface area contributed by atoms with E-state index in [2.05, 4.69) is 11.9 Å². The number of allylic oxidation sites excluding steroid dienone is 1. The van der Waals surface area contributed by atoms with E-state index in [1.807, 2.05) is 6.07 Å². The normalized spacial score (nSPS) is 12.9. The first-order valence-electron chi connectivity index (χ1n) is 10.6. The number of nitrogens with zero attached hydrogens (tertiary/aromatic N) is 2. The Labute approximate surface area is 197 Å². The predicted octanol–water partition coefficient (Wildman–Crippen LogP) is 4.49. The van der Waals surface area contributed by atoms with E-state index >= 15 is 0 Å². The largest absolute Gasteiger partial charge is 0.423 e. The van der Waals surface area contributed by atoms with Crippen molar-refractivity contribution in [1.29, 1.82) is 0 Å². The first kappa shape index (κ1) is 21.7. The van der Waals surface area contributed by atoms with E-state index < -0.39 is 5.63 Å². The zero-order valence-electron chi connectivity index (χ0n) is 18.0. The predicted molar refractivity (Wildman–Crippen MR) is 132 cm³/mol. The molecule has 0 aliphatic heterocycles. The van der Waals surface area contributed by atoms with Crippen molar-refractivity contribution in [3.63, 3.8) is 0 Å². The van der Waals surface area contributed by atoms with Crippen LogP contribution < -0.4 is 16.5 Å². The second-order valence-corrected chi connectivity index (χ2v) is 9.93. The van der Waals surface area contributed by atoms with Gasteiger partial charge in [0.15, 0.2) is 5.16 Å². The summed E-state index contributed by atoms with van der Waals surface area (Å²) in [6.45, 7) is 5.59. The van der Waals surface area contributed by atoms with Crippen molar-refractivity contribution in [2.24, 2.45) is 0 Å². The number of amides is 1. The third kappa shape index (κ3) is 4.02. The molecule has 0 atom stereocenters. The van der Waals surface area contributed by atoms with Gasteiger partial charge in [-0.3, -0.25) is 14.2 Å². The minimum Gasteiger partial charge on any atom is -0.423 e. The minimum atomic E-state index is -0.473. The van der Waals surface area contributed by atoms with Crippen molar-refractivity contribution in [3.8, 4) is 0 Å². The summed E-state index contributed by atoms with van der Waals surface area (Å²) in [5.74, 6) is 0.228. The number of fused-ring (bicyclic) bond motifs is 4. The fourth-order valence-corrected chi connectivity index (χ4v) is 6.53. The second kappa shape index (κ2) is 8.64. The number of thiophene rings is 1. The number of hydrogen-bond acceptors (Lipinski definition) is 7. The molecule has 168 valence electrons. The van der Waals surface area contributed by atoms with E-state index in [1.165, 1.54) is 29.6 Å². The van der Waals surface area contributed by atoms with Crippen molar-refractivity contribution in [2.75, 3.05) is 5.32 Å². The fourth-order valence-electron chi connectivity index (χ4n) is 4.23. The average Bonchev–Trinajstić information content (AvgIpc) is 3.34. The van der Waals surface area contributed by atoms with Gasteiger partial charge in [-0.25, -0.2) is 9.78 Å². The van der Waals surface area contributed by atoms with Gasteiger partial charge in [-0.2, -0.15) is 0 Å².